The number of aromatic nitrogens is 3. The van der Waals surface area contributed by atoms with E-state index in [9.17, 15) is 9.90 Å². The lowest BCUT2D eigenvalue weighted by Crippen LogP contribution is -2.07. The first-order chi connectivity index (χ1) is 13.9. The minimum Gasteiger partial charge on any atom is -0.496 e. The number of methoxy groups -OCH3 is 1. The van der Waals surface area contributed by atoms with Crippen LogP contribution in [-0.4, -0.2) is 47.5 Å². The van der Waals surface area contributed by atoms with E-state index in [4.69, 9.17) is 16.3 Å². The van der Waals surface area contributed by atoms with Gasteiger partial charge in [-0.15, -0.1) is 5.10 Å². The van der Waals surface area contributed by atoms with Crippen LogP contribution in [-0.2, 0) is 4.79 Å². The van der Waals surface area contributed by atoms with Crippen molar-refractivity contribution in [3.05, 3.63) is 58.0 Å². The molecule has 0 radical (unpaired) electrons. The van der Waals surface area contributed by atoms with Crippen LogP contribution in [0.1, 0.15) is 5.56 Å². The second-order valence-corrected chi connectivity index (χ2v) is 7.66. The Bertz CT molecular complexity index is 1050. The highest BCUT2D eigenvalue weighted by molar-refractivity contribution is 8.04. The monoisotopic (exact) mass is 430 g/mol. The second-order valence-electron chi connectivity index (χ2n) is 6.21. The quantitative estimate of drug-likeness (QED) is 0.423. The van der Waals surface area contributed by atoms with Crippen LogP contribution in [0.4, 0.5) is 5.69 Å². The van der Waals surface area contributed by atoms with E-state index in [-0.39, 0.29) is 10.1 Å². The Labute approximate surface area is 177 Å². The van der Waals surface area contributed by atoms with Crippen molar-refractivity contribution in [3.63, 3.8) is 0 Å². The smallest absolute Gasteiger partial charge is 0.342 e. The molecule has 1 heterocycles. The Morgan fingerprint density at radius 3 is 2.59 bits per heavy atom. The van der Waals surface area contributed by atoms with Crippen LogP contribution in [0, 0.1) is 0 Å². The Morgan fingerprint density at radius 1 is 1.24 bits per heavy atom. The summed E-state index contributed by atoms with van der Waals surface area (Å²) >= 11 is 7.02. The Balaban J connectivity index is 1.86. The number of anilines is 1. The molecule has 0 bridgehead atoms. The maximum Gasteiger partial charge on any atom is 0.342 e. The first kappa shape index (κ1) is 20.8. The molecule has 9 heteroatoms. The normalized spacial score (nSPS) is 11.4. The summed E-state index contributed by atoms with van der Waals surface area (Å²) in [5.74, 6) is -0.0395. The van der Waals surface area contributed by atoms with Gasteiger partial charge < -0.3 is 14.7 Å². The molecule has 3 rings (SSSR count). The van der Waals surface area contributed by atoms with Crippen molar-refractivity contribution in [2.24, 2.45) is 0 Å². The lowest BCUT2D eigenvalue weighted by molar-refractivity contribution is -0.131. The summed E-state index contributed by atoms with van der Waals surface area (Å²) in [4.78, 5) is 18.2. The van der Waals surface area contributed by atoms with E-state index in [1.165, 1.54) is 0 Å². The van der Waals surface area contributed by atoms with Gasteiger partial charge in [-0.1, -0.05) is 23.7 Å². The highest BCUT2D eigenvalue weighted by atomic mass is 35.5. The summed E-state index contributed by atoms with van der Waals surface area (Å²) in [5.41, 5.74) is 2.44. The Kier molecular flexibility index (Phi) is 6.46. The fourth-order valence-corrected chi connectivity index (χ4v) is 3.41. The molecule has 0 amide bonds. The number of hydrogen-bond acceptors (Lipinski definition) is 6. The summed E-state index contributed by atoms with van der Waals surface area (Å²) in [7, 11) is 5.43. The average molecular weight is 431 g/mol. The minimum absolute atomic E-state index is 0.103. The molecule has 0 fully saturated rings. The number of H-pyrrole nitrogens is 1. The van der Waals surface area contributed by atoms with Gasteiger partial charge >= 0.3 is 5.97 Å². The van der Waals surface area contributed by atoms with Crippen LogP contribution < -0.4 is 9.64 Å². The van der Waals surface area contributed by atoms with Crippen molar-refractivity contribution in [2.75, 3.05) is 26.1 Å². The molecule has 3 aromatic rings. The zero-order chi connectivity index (χ0) is 21.0. The zero-order valence-corrected chi connectivity index (χ0v) is 17.6. The number of hydrogen-bond donors (Lipinski definition) is 2. The van der Waals surface area contributed by atoms with E-state index in [0.29, 0.717) is 22.2 Å². The van der Waals surface area contributed by atoms with Gasteiger partial charge in [0, 0.05) is 24.8 Å². The van der Waals surface area contributed by atoms with E-state index in [2.05, 4.69) is 15.2 Å². The molecule has 0 saturated carbocycles. The largest absolute Gasteiger partial charge is 0.496 e. The van der Waals surface area contributed by atoms with E-state index in [1.54, 1.807) is 31.4 Å². The number of ether oxygens (including phenoxy) is 1. The molecule has 29 heavy (non-hydrogen) atoms. The van der Waals surface area contributed by atoms with Gasteiger partial charge in [-0.05, 0) is 53.7 Å². The first-order valence-corrected chi connectivity index (χ1v) is 9.73. The zero-order valence-electron chi connectivity index (χ0n) is 16.0. The minimum atomic E-state index is -1.06. The third kappa shape index (κ3) is 5.10. The van der Waals surface area contributed by atoms with Crippen LogP contribution >= 0.6 is 23.4 Å². The number of aliphatic carboxylic acids is 1. The lowest BCUT2D eigenvalue weighted by Gasteiger charge is -2.11. The number of benzene rings is 2. The van der Waals surface area contributed by atoms with Crippen LogP contribution in [0.2, 0.25) is 5.02 Å². The molecular formula is C20H19ClN4O3S. The SMILES string of the molecule is COc1ccc(Cl)cc1-c1nc(S/C(=C\c2ccc(N(C)C)cc2)C(=O)O)n[nH]1. The summed E-state index contributed by atoms with van der Waals surface area (Å²) in [5, 5.41) is 17.3. The van der Waals surface area contributed by atoms with E-state index < -0.39 is 5.97 Å². The highest BCUT2D eigenvalue weighted by Crippen LogP contribution is 2.32. The molecule has 2 N–H and O–H groups in total. The number of thioether (sulfide) groups is 1. The molecule has 2 aromatic carbocycles. The van der Waals surface area contributed by atoms with Crippen LogP contribution in [0.15, 0.2) is 52.5 Å². The molecule has 1 aromatic heterocycles. The number of nitrogens with zero attached hydrogens (tertiary/aromatic N) is 3. The van der Waals surface area contributed by atoms with Gasteiger partial charge in [0.25, 0.3) is 0 Å². The molecule has 0 aliphatic rings. The third-order valence-electron chi connectivity index (χ3n) is 4.00. The van der Waals surface area contributed by atoms with Gasteiger partial charge in [-0.3, -0.25) is 5.10 Å². The maximum absolute atomic E-state index is 11.7. The van der Waals surface area contributed by atoms with Crippen molar-refractivity contribution in [1.29, 1.82) is 0 Å². The summed E-state index contributed by atoms with van der Waals surface area (Å²) in [6, 6.07) is 12.7. The van der Waals surface area contributed by atoms with Crippen molar-refractivity contribution in [2.45, 2.75) is 5.16 Å². The predicted octanol–water partition coefficient (Wildman–Crippen LogP) is 4.42. The van der Waals surface area contributed by atoms with Crippen LogP contribution in [0.25, 0.3) is 17.5 Å². The van der Waals surface area contributed by atoms with Gasteiger partial charge in [0.15, 0.2) is 5.82 Å². The first-order valence-electron chi connectivity index (χ1n) is 8.54. The van der Waals surface area contributed by atoms with Crippen molar-refractivity contribution >= 4 is 41.1 Å². The third-order valence-corrected chi connectivity index (χ3v) is 5.11. The van der Waals surface area contributed by atoms with Crippen LogP contribution in [0.5, 0.6) is 5.75 Å². The molecule has 0 unspecified atom stereocenters. The van der Waals surface area contributed by atoms with Gasteiger partial charge in [-0.2, -0.15) is 0 Å². The number of carbonyl (C=O) groups is 1. The standard InChI is InChI=1S/C20H19ClN4O3S/c1-25(2)14-7-4-12(5-8-14)10-17(19(26)27)29-20-22-18(23-24-20)15-11-13(21)6-9-16(15)28-3/h4-11H,1-3H3,(H,26,27)(H,22,23,24)/b17-10-. The fraction of sp³-hybridized carbons (Fsp3) is 0.150. The van der Waals surface area contributed by atoms with Gasteiger partial charge in [0.1, 0.15) is 10.7 Å². The van der Waals surface area contributed by atoms with Crippen molar-refractivity contribution in [3.8, 4) is 17.1 Å². The Morgan fingerprint density at radius 2 is 1.97 bits per heavy atom. The number of carboxylic acids is 1. The number of halogens is 1. The summed E-state index contributed by atoms with van der Waals surface area (Å²) < 4.78 is 5.33. The van der Waals surface area contributed by atoms with Crippen LogP contribution in [0.3, 0.4) is 0 Å². The van der Waals surface area contributed by atoms with Crippen molar-refractivity contribution < 1.29 is 14.6 Å². The molecule has 0 aliphatic carbocycles. The number of carboxylic acid groups (broad SMARTS) is 1. The van der Waals surface area contributed by atoms with E-state index in [1.807, 2.05) is 43.3 Å². The van der Waals surface area contributed by atoms with E-state index in [0.717, 1.165) is 23.0 Å². The van der Waals surface area contributed by atoms with E-state index >= 15 is 0 Å². The number of aromatic amines is 1. The molecule has 0 atom stereocenters. The summed E-state index contributed by atoms with van der Waals surface area (Å²) in [6.45, 7) is 0. The number of rotatable bonds is 7. The topological polar surface area (TPSA) is 91.3 Å². The molecular weight excluding hydrogens is 412 g/mol. The highest BCUT2D eigenvalue weighted by Gasteiger charge is 2.16. The molecule has 0 saturated heterocycles. The fourth-order valence-electron chi connectivity index (χ4n) is 2.53. The molecule has 7 nitrogen and oxygen atoms in total. The van der Waals surface area contributed by atoms with Gasteiger partial charge in [-0.25, -0.2) is 9.78 Å². The average Bonchev–Trinajstić information content (AvgIpc) is 3.16. The lowest BCUT2D eigenvalue weighted by atomic mass is 10.2. The van der Waals surface area contributed by atoms with Gasteiger partial charge in [0.05, 0.1) is 12.7 Å². The molecule has 0 spiro atoms. The van der Waals surface area contributed by atoms with Crippen molar-refractivity contribution in [1.82, 2.24) is 15.2 Å². The second kappa shape index (κ2) is 9.02. The molecule has 0 aliphatic heterocycles. The summed E-state index contributed by atoms with van der Waals surface area (Å²) in [6.07, 6.45) is 1.59. The number of nitrogens with one attached hydrogen (secondary N) is 1. The predicted molar refractivity (Wildman–Crippen MR) is 116 cm³/mol. The maximum atomic E-state index is 11.7. The molecule has 150 valence electrons. The Hall–Kier alpha value is -2.97. The van der Waals surface area contributed by atoms with Gasteiger partial charge in [0.2, 0.25) is 5.16 Å².